The van der Waals surface area contributed by atoms with Crippen molar-refractivity contribution >= 4 is 17.5 Å². The van der Waals surface area contributed by atoms with Crippen LogP contribution in [0.15, 0.2) is 48.5 Å². The third-order valence-electron chi connectivity index (χ3n) is 5.05. The number of carbonyl (C=O) groups excluding carboxylic acids is 1. The second-order valence-electron chi connectivity index (χ2n) is 6.80. The van der Waals surface area contributed by atoms with Crippen LogP contribution in [0.25, 0.3) is 5.69 Å². The number of benzene rings is 2. The number of halogens is 1. The lowest BCUT2D eigenvalue weighted by Gasteiger charge is -2.27. The van der Waals surface area contributed by atoms with Crippen molar-refractivity contribution in [2.24, 2.45) is 0 Å². The van der Waals surface area contributed by atoms with Gasteiger partial charge in [0.15, 0.2) is 5.69 Å². The smallest absolute Gasteiger partial charge is 0.273 e. The molecule has 2 aromatic carbocycles. The van der Waals surface area contributed by atoms with Gasteiger partial charge in [0.05, 0.1) is 11.4 Å². The molecule has 1 atom stereocenters. The Morgan fingerprint density at radius 1 is 1.29 bits per heavy atom. The average Bonchev–Trinajstić information content (AvgIpc) is 3.16. The molecule has 2 N–H and O–H groups in total. The first kappa shape index (κ1) is 18.7. The zero-order chi connectivity index (χ0) is 19.5. The molecule has 7 heteroatoms. The van der Waals surface area contributed by atoms with E-state index in [1.54, 1.807) is 16.8 Å². The molecule has 0 radical (unpaired) electrons. The number of rotatable bonds is 5. The largest absolute Gasteiger partial charge is 0.349 e. The van der Waals surface area contributed by atoms with Gasteiger partial charge in [-0.25, -0.2) is 4.68 Å². The summed E-state index contributed by atoms with van der Waals surface area (Å²) in [6, 6.07) is 15.8. The number of hydrogen-bond acceptors (Lipinski definition) is 4. The van der Waals surface area contributed by atoms with E-state index in [1.165, 1.54) is 11.1 Å². The molecule has 1 aliphatic rings. The van der Waals surface area contributed by atoms with Crippen molar-refractivity contribution in [3.8, 4) is 5.69 Å². The second-order valence-corrected chi connectivity index (χ2v) is 7.23. The van der Waals surface area contributed by atoms with E-state index in [1.807, 2.05) is 25.1 Å². The summed E-state index contributed by atoms with van der Waals surface area (Å²) in [5.74, 6) is -0.213. The van der Waals surface area contributed by atoms with E-state index in [4.69, 9.17) is 11.6 Å². The van der Waals surface area contributed by atoms with Crippen LogP contribution in [0.2, 0.25) is 5.02 Å². The molecule has 1 aliphatic heterocycles. The third-order valence-corrected chi connectivity index (χ3v) is 5.28. The molecule has 1 aromatic heterocycles. The molecule has 144 valence electrons. The normalized spacial score (nSPS) is 15.9. The van der Waals surface area contributed by atoms with Crippen molar-refractivity contribution in [3.63, 3.8) is 0 Å². The predicted molar refractivity (Wildman–Crippen MR) is 109 cm³/mol. The van der Waals surface area contributed by atoms with Gasteiger partial charge in [0.2, 0.25) is 0 Å². The lowest BCUT2D eigenvalue weighted by molar-refractivity contribution is 0.0943. The van der Waals surface area contributed by atoms with Crippen LogP contribution in [0.1, 0.15) is 40.3 Å². The van der Waals surface area contributed by atoms with Crippen LogP contribution in [0.5, 0.6) is 0 Å². The van der Waals surface area contributed by atoms with Gasteiger partial charge >= 0.3 is 0 Å². The summed E-state index contributed by atoms with van der Waals surface area (Å²) in [4.78, 5) is 12.8. The molecule has 4 rings (SSSR count). The fraction of sp³-hybridized carbons (Fsp3) is 0.286. The Bertz CT molecular complexity index is 1000. The Kier molecular flexibility index (Phi) is 5.41. The molecule has 2 heterocycles. The minimum Gasteiger partial charge on any atom is -0.349 e. The molecule has 0 spiro atoms. The maximum atomic E-state index is 12.8. The molecule has 6 nitrogen and oxygen atoms in total. The second kappa shape index (κ2) is 8.12. The van der Waals surface area contributed by atoms with E-state index in [-0.39, 0.29) is 11.9 Å². The molecule has 0 bridgehead atoms. The van der Waals surface area contributed by atoms with Gasteiger partial charge in [-0.05, 0) is 48.7 Å². The van der Waals surface area contributed by atoms with E-state index in [2.05, 4.69) is 39.1 Å². The quantitative estimate of drug-likeness (QED) is 0.696. The fourth-order valence-corrected chi connectivity index (χ4v) is 3.85. The number of fused-ring (bicyclic) bond motifs is 1. The predicted octanol–water partition coefficient (Wildman–Crippen LogP) is 3.10. The first-order valence-electron chi connectivity index (χ1n) is 9.47. The van der Waals surface area contributed by atoms with E-state index >= 15 is 0 Å². The van der Waals surface area contributed by atoms with Crippen molar-refractivity contribution < 1.29 is 4.79 Å². The van der Waals surface area contributed by atoms with Crippen LogP contribution in [0, 0.1) is 0 Å². The molecular weight excluding hydrogens is 374 g/mol. The molecule has 1 unspecified atom stereocenters. The Morgan fingerprint density at radius 3 is 2.96 bits per heavy atom. The summed E-state index contributed by atoms with van der Waals surface area (Å²) < 4.78 is 1.68. The first-order chi connectivity index (χ1) is 13.7. The number of aromatic nitrogens is 3. The fourth-order valence-electron chi connectivity index (χ4n) is 3.66. The first-order valence-corrected chi connectivity index (χ1v) is 9.85. The molecule has 0 saturated heterocycles. The highest BCUT2D eigenvalue weighted by atomic mass is 35.5. The topological polar surface area (TPSA) is 71.8 Å². The number of nitrogens with one attached hydrogen (secondary N) is 2. The number of hydrogen-bond donors (Lipinski definition) is 2. The number of carbonyl (C=O) groups is 1. The monoisotopic (exact) mass is 395 g/mol. The van der Waals surface area contributed by atoms with Crippen molar-refractivity contribution in [2.45, 2.75) is 25.8 Å². The highest BCUT2D eigenvalue weighted by Crippen LogP contribution is 2.22. The minimum atomic E-state index is -0.213. The van der Waals surface area contributed by atoms with Crippen molar-refractivity contribution in [3.05, 3.63) is 76.1 Å². The van der Waals surface area contributed by atoms with Gasteiger partial charge in [-0.2, -0.15) is 0 Å². The van der Waals surface area contributed by atoms with Crippen LogP contribution in [0.4, 0.5) is 0 Å². The SMILES string of the molecule is CCc1c(C(=O)NCC2NCCc3ccccc32)nnn1-c1cccc(Cl)c1. The van der Waals surface area contributed by atoms with Gasteiger partial charge in [0, 0.05) is 17.6 Å². The van der Waals surface area contributed by atoms with Crippen LogP contribution < -0.4 is 10.6 Å². The molecule has 1 amide bonds. The maximum Gasteiger partial charge on any atom is 0.273 e. The zero-order valence-corrected chi connectivity index (χ0v) is 16.4. The maximum absolute atomic E-state index is 12.8. The van der Waals surface area contributed by atoms with E-state index in [0.717, 1.165) is 24.3 Å². The summed E-state index contributed by atoms with van der Waals surface area (Å²) in [7, 11) is 0. The Labute approximate surface area is 168 Å². The Morgan fingerprint density at radius 2 is 2.14 bits per heavy atom. The highest BCUT2D eigenvalue weighted by molar-refractivity contribution is 6.30. The van der Waals surface area contributed by atoms with Crippen LogP contribution in [-0.4, -0.2) is 34.0 Å². The van der Waals surface area contributed by atoms with Crippen molar-refractivity contribution in [1.82, 2.24) is 25.6 Å². The lowest BCUT2D eigenvalue weighted by atomic mass is 9.94. The van der Waals surface area contributed by atoms with Gasteiger partial charge in [0.25, 0.3) is 5.91 Å². The van der Waals surface area contributed by atoms with Crippen LogP contribution >= 0.6 is 11.6 Å². The zero-order valence-electron chi connectivity index (χ0n) is 15.7. The highest BCUT2D eigenvalue weighted by Gasteiger charge is 2.23. The van der Waals surface area contributed by atoms with Crippen molar-refractivity contribution in [2.75, 3.05) is 13.1 Å². The van der Waals surface area contributed by atoms with Crippen LogP contribution in [-0.2, 0) is 12.8 Å². The van der Waals surface area contributed by atoms with Gasteiger partial charge in [-0.15, -0.1) is 5.10 Å². The van der Waals surface area contributed by atoms with E-state index in [0.29, 0.717) is 23.7 Å². The van der Waals surface area contributed by atoms with E-state index in [9.17, 15) is 4.79 Å². The molecule has 3 aromatic rings. The van der Waals surface area contributed by atoms with Gasteiger partial charge in [-0.3, -0.25) is 4.79 Å². The summed E-state index contributed by atoms with van der Waals surface area (Å²) in [6.07, 6.45) is 1.64. The molecular formula is C21H22ClN5O. The minimum absolute atomic E-state index is 0.0990. The summed E-state index contributed by atoms with van der Waals surface area (Å²) in [5.41, 5.74) is 4.48. The van der Waals surface area contributed by atoms with Crippen LogP contribution in [0.3, 0.4) is 0 Å². The summed E-state index contributed by atoms with van der Waals surface area (Å²) in [5, 5.41) is 15.4. The molecule has 0 saturated carbocycles. The standard InChI is InChI=1S/C21H22ClN5O/c1-2-19-20(25-26-27(19)16-8-5-7-15(22)12-16)21(28)24-13-18-17-9-4-3-6-14(17)10-11-23-18/h3-9,12,18,23H,2,10-11,13H2,1H3,(H,24,28). The summed E-state index contributed by atoms with van der Waals surface area (Å²) in [6.45, 7) is 3.39. The van der Waals surface area contributed by atoms with Gasteiger partial charge < -0.3 is 10.6 Å². The van der Waals surface area contributed by atoms with Gasteiger partial charge in [0.1, 0.15) is 0 Å². The lowest BCUT2D eigenvalue weighted by Crippen LogP contribution is -2.39. The Hall–Kier alpha value is -2.70. The van der Waals surface area contributed by atoms with Crippen molar-refractivity contribution in [1.29, 1.82) is 0 Å². The van der Waals surface area contributed by atoms with E-state index < -0.39 is 0 Å². The summed E-state index contributed by atoms with van der Waals surface area (Å²) >= 11 is 6.09. The van der Waals surface area contributed by atoms with Gasteiger partial charge in [-0.1, -0.05) is 54.1 Å². The number of amides is 1. The average molecular weight is 396 g/mol. The third kappa shape index (κ3) is 3.66. The molecule has 28 heavy (non-hydrogen) atoms. The Balaban J connectivity index is 1.52. The molecule has 0 fully saturated rings. The number of nitrogens with zero attached hydrogens (tertiary/aromatic N) is 3. The molecule has 0 aliphatic carbocycles.